The number of nitrogens with zero attached hydrogens (tertiary/aromatic N) is 5. The number of amides is 4. The summed E-state index contributed by atoms with van der Waals surface area (Å²) in [6.07, 6.45) is 8.18. The van der Waals surface area contributed by atoms with E-state index >= 15 is 0 Å². The molecule has 3 aliphatic rings. The van der Waals surface area contributed by atoms with Crippen molar-refractivity contribution in [3.8, 4) is 28.4 Å². The molecule has 2 saturated heterocycles. The minimum Gasteiger partial charge on any atom is -0.496 e. The zero-order valence-corrected chi connectivity index (χ0v) is 30.8. The summed E-state index contributed by atoms with van der Waals surface area (Å²) < 4.78 is 19.3. The van der Waals surface area contributed by atoms with Crippen LogP contribution in [0.4, 0.5) is 0 Å². The van der Waals surface area contributed by atoms with E-state index in [4.69, 9.17) is 14.2 Å². The molecule has 14 nitrogen and oxygen atoms in total. The number of hydrogen-bond donors (Lipinski definition) is 1. The summed E-state index contributed by atoms with van der Waals surface area (Å²) in [7, 11) is 5.08. The zero-order chi connectivity index (χ0) is 37.9. The van der Waals surface area contributed by atoms with Gasteiger partial charge in [0.2, 0.25) is 11.8 Å². The second kappa shape index (κ2) is 15.8. The molecule has 1 unspecified atom stereocenters. The van der Waals surface area contributed by atoms with Crippen molar-refractivity contribution in [2.45, 2.75) is 44.7 Å². The first-order valence-electron chi connectivity index (χ1n) is 18.3. The van der Waals surface area contributed by atoms with E-state index in [0.29, 0.717) is 24.3 Å². The highest BCUT2D eigenvalue weighted by Gasteiger charge is 2.44. The fourth-order valence-corrected chi connectivity index (χ4v) is 7.58. The Bertz CT molecular complexity index is 2150. The van der Waals surface area contributed by atoms with Crippen LogP contribution in [0, 0.1) is 0 Å². The van der Waals surface area contributed by atoms with Gasteiger partial charge in [0.25, 0.3) is 17.4 Å². The van der Waals surface area contributed by atoms with Gasteiger partial charge >= 0.3 is 0 Å². The van der Waals surface area contributed by atoms with Crippen LogP contribution >= 0.6 is 0 Å². The summed E-state index contributed by atoms with van der Waals surface area (Å²) in [6, 6.07) is 9.69. The van der Waals surface area contributed by atoms with Crippen molar-refractivity contribution in [1.82, 2.24) is 29.6 Å². The molecule has 5 heterocycles. The maximum Gasteiger partial charge on any atom is 0.262 e. The van der Waals surface area contributed by atoms with Crippen LogP contribution < -0.4 is 25.1 Å². The van der Waals surface area contributed by atoms with Gasteiger partial charge in [0.05, 0.1) is 42.9 Å². The molecule has 3 aliphatic heterocycles. The average molecular weight is 737 g/mol. The van der Waals surface area contributed by atoms with E-state index in [-0.39, 0.29) is 29.5 Å². The van der Waals surface area contributed by atoms with Crippen LogP contribution in [0.1, 0.15) is 58.4 Å². The SMILES string of the molecule is COc1cc(-c2cn(C)c(=O)c3cnccc23)cc(OC)c1CN1CCN(CCCCCOc2ccc3c(c2)C(=O)N(C2CCC(=O)NC2=O)C3=O)CC1. The average Bonchev–Trinajstić information content (AvgIpc) is 3.43. The number of pyridine rings is 2. The maximum atomic E-state index is 13.1. The molecular weight excluding hydrogens is 692 g/mol. The van der Waals surface area contributed by atoms with Crippen molar-refractivity contribution < 1.29 is 33.4 Å². The molecule has 0 radical (unpaired) electrons. The fourth-order valence-electron chi connectivity index (χ4n) is 7.58. The van der Waals surface area contributed by atoms with Gasteiger partial charge in [-0.05, 0) is 79.6 Å². The van der Waals surface area contributed by atoms with E-state index in [1.165, 1.54) is 0 Å². The van der Waals surface area contributed by atoms with Crippen molar-refractivity contribution in [2.75, 3.05) is 53.6 Å². The number of carbonyl (C=O) groups is 4. The van der Waals surface area contributed by atoms with Crippen LogP contribution in [0.3, 0.4) is 0 Å². The van der Waals surface area contributed by atoms with Crippen molar-refractivity contribution >= 4 is 34.4 Å². The van der Waals surface area contributed by atoms with Gasteiger partial charge in [0, 0.05) is 70.3 Å². The van der Waals surface area contributed by atoms with Gasteiger partial charge in [-0.2, -0.15) is 0 Å². The minimum atomic E-state index is -0.993. The number of ether oxygens (including phenoxy) is 3. The molecule has 1 atom stereocenters. The van der Waals surface area contributed by atoms with Gasteiger partial charge < -0.3 is 23.7 Å². The first kappa shape index (κ1) is 36.7. The van der Waals surface area contributed by atoms with Gasteiger partial charge in [-0.3, -0.25) is 44.1 Å². The summed E-state index contributed by atoms with van der Waals surface area (Å²) in [5.74, 6) is -0.143. The predicted molar refractivity (Wildman–Crippen MR) is 200 cm³/mol. The number of nitrogens with one attached hydrogen (secondary N) is 1. The summed E-state index contributed by atoms with van der Waals surface area (Å²) in [4.78, 5) is 72.6. The molecule has 2 aromatic heterocycles. The Morgan fingerprint density at radius 2 is 1.54 bits per heavy atom. The molecule has 7 rings (SSSR count). The summed E-state index contributed by atoms with van der Waals surface area (Å²) in [5, 5.41) is 3.59. The highest BCUT2D eigenvalue weighted by Crippen LogP contribution is 2.38. The molecule has 54 heavy (non-hydrogen) atoms. The smallest absolute Gasteiger partial charge is 0.262 e. The lowest BCUT2D eigenvalue weighted by Crippen LogP contribution is -2.54. The summed E-state index contributed by atoms with van der Waals surface area (Å²) >= 11 is 0. The number of methoxy groups -OCH3 is 2. The molecule has 0 bridgehead atoms. The number of aromatic nitrogens is 2. The van der Waals surface area contributed by atoms with E-state index in [9.17, 15) is 24.0 Å². The Labute approximate surface area is 312 Å². The lowest BCUT2D eigenvalue weighted by molar-refractivity contribution is -0.136. The minimum absolute atomic E-state index is 0.0775. The van der Waals surface area contributed by atoms with Crippen molar-refractivity contribution in [3.63, 3.8) is 0 Å². The van der Waals surface area contributed by atoms with Gasteiger partial charge in [-0.1, -0.05) is 0 Å². The third-order valence-corrected chi connectivity index (χ3v) is 10.5. The van der Waals surface area contributed by atoms with Crippen molar-refractivity contribution in [3.05, 3.63) is 82.0 Å². The Balaban J connectivity index is 0.872. The van der Waals surface area contributed by atoms with Crippen molar-refractivity contribution in [2.24, 2.45) is 7.05 Å². The van der Waals surface area contributed by atoms with E-state index in [1.807, 2.05) is 24.4 Å². The fraction of sp³-hybridized carbons (Fsp3) is 0.400. The lowest BCUT2D eigenvalue weighted by Gasteiger charge is -2.35. The number of carbonyl (C=O) groups excluding carboxylic acids is 4. The summed E-state index contributed by atoms with van der Waals surface area (Å²) in [5.41, 5.74) is 3.13. The van der Waals surface area contributed by atoms with Gasteiger partial charge in [0.1, 0.15) is 23.3 Å². The number of fused-ring (bicyclic) bond motifs is 2. The topological polar surface area (TPSA) is 153 Å². The molecule has 4 aromatic rings. The maximum absolute atomic E-state index is 13.1. The predicted octanol–water partition coefficient (Wildman–Crippen LogP) is 3.39. The molecule has 2 fully saturated rings. The molecule has 1 N–H and O–H groups in total. The highest BCUT2D eigenvalue weighted by molar-refractivity contribution is 6.23. The van der Waals surface area contributed by atoms with E-state index in [2.05, 4.69) is 20.1 Å². The Morgan fingerprint density at radius 1 is 0.815 bits per heavy atom. The molecule has 4 amide bonds. The number of benzene rings is 2. The van der Waals surface area contributed by atoms with E-state index < -0.39 is 29.7 Å². The number of piperidine rings is 1. The van der Waals surface area contributed by atoms with Crippen LogP contribution in [-0.2, 0) is 23.2 Å². The second-order valence-electron chi connectivity index (χ2n) is 13.9. The number of imide groups is 2. The van der Waals surface area contributed by atoms with Gasteiger partial charge in [-0.15, -0.1) is 0 Å². The number of piperazine rings is 1. The third-order valence-electron chi connectivity index (χ3n) is 10.5. The number of aryl methyl sites for hydroxylation is 1. The standard InChI is InChI=1S/C40H44N6O8/c1-43-23-31(27-11-12-41-22-30(27)38(43)49)25-19-34(52-2)32(35(20-25)53-3)24-45-16-14-44(15-17-45)13-5-4-6-18-54-26-7-8-28-29(21-26)40(51)46(39(28)50)33-9-10-36(47)42-37(33)48/h7-8,11-12,19-23,33H,4-6,9-10,13-18,24H2,1-3H3,(H,42,47,48). The molecule has 0 aliphatic carbocycles. The zero-order valence-electron chi connectivity index (χ0n) is 30.8. The Kier molecular flexibility index (Phi) is 10.7. The molecule has 0 spiro atoms. The van der Waals surface area contributed by atoms with Crippen LogP contribution in [0.15, 0.2) is 59.8 Å². The quantitative estimate of drug-likeness (QED) is 0.159. The highest BCUT2D eigenvalue weighted by atomic mass is 16.5. The molecule has 2 aromatic carbocycles. The van der Waals surface area contributed by atoms with Crippen LogP contribution in [0.2, 0.25) is 0 Å². The first-order valence-corrected chi connectivity index (χ1v) is 18.3. The van der Waals surface area contributed by atoms with Gasteiger partial charge in [0.15, 0.2) is 0 Å². The summed E-state index contributed by atoms with van der Waals surface area (Å²) in [6.45, 7) is 5.89. The monoisotopic (exact) mass is 736 g/mol. The molecule has 282 valence electrons. The van der Waals surface area contributed by atoms with Crippen LogP contribution in [0.25, 0.3) is 21.9 Å². The normalized spacial score (nSPS) is 17.9. The number of hydrogen-bond acceptors (Lipinski definition) is 11. The number of rotatable bonds is 13. The van der Waals surface area contributed by atoms with Crippen LogP contribution in [-0.4, -0.2) is 107 Å². The second-order valence-corrected chi connectivity index (χ2v) is 13.9. The largest absolute Gasteiger partial charge is 0.496 e. The van der Waals surface area contributed by atoms with Crippen LogP contribution in [0.5, 0.6) is 17.2 Å². The first-order chi connectivity index (χ1) is 26.2. The third kappa shape index (κ3) is 7.31. The van der Waals surface area contributed by atoms with E-state index in [0.717, 1.165) is 90.5 Å². The van der Waals surface area contributed by atoms with Crippen molar-refractivity contribution in [1.29, 1.82) is 0 Å². The molecule has 14 heteroatoms. The Hall–Kier alpha value is -5.60. The number of unbranched alkanes of at least 4 members (excludes halogenated alkanes) is 2. The van der Waals surface area contributed by atoms with E-state index in [1.54, 1.807) is 56.4 Å². The molecule has 0 saturated carbocycles. The van der Waals surface area contributed by atoms with Gasteiger partial charge in [-0.25, -0.2) is 0 Å². The lowest BCUT2D eigenvalue weighted by atomic mass is 9.99. The Morgan fingerprint density at radius 3 is 2.26 bits per heavy atom. The molecular formula is C40H44N6O8.